The number of esters is 3. The first-order valence-corrected chi connectivity index (χ1v) is 14.1. The van der Waals surface area contributed by atoms with E-state index in [1.165, 1.54) is 26.0 Å². The average molecular weight is 587 g/mol. The Balaban J connectivity index is 1.84. The van der Waals surface area contributed by atoms with Gasteiger partial charge in [0.1, 0.15) is 17.8 Å². The zero-order valence-corrected chi connectivity index (χ0v) is 24.6. The van der Waals surface area contributed by atoms with Crippen molar-refractivity contribution in [1.29, 1.82) is 0 Å². The van der Waals surface area contributed by atoms with E-state index in [1.807, 2.05) is 0 Å². The number of benzene rings is 1. The Morgan fingerprint density at radius 2 is 1.64 bits per heavy atom. The number of hydrogen-bond donors (Lipinski definition) is 3. The highest BCUT2D eigenvalue weighted by Crippen LogP contribution is 2.64. The second-order valence-corrected chi connectivity index (χ2v) is 12.8. The van der Waals surface area contributed by atoms with Crippen LogP contribution in [0, 0.1) is 16.7 Å². The topological polar surface area (TPSA) is 166 Å². The standard InChI is InChI=1S/C31H38O11/c1-15-19(34)13-31(38)26(41-27(37)18-10-8-7-9-11-18)24-29(6,20(35)12-21-30(24,14-39-21)42-17(3)33)25(36)23(40-16(2)32)22(15)28(31,4)5/h7-11,19-21,23-24,26,34-35,38H,12-14H2,1-6H3/t19-,20+,21-,23?,24+,26+,29-,30+,31-/m1/s1. The molecule has 5 rings (SSSR count). The fraction of sp³-hybridized carbons (Fsp3) is 0.613. The van der Waals surface area contributed by atoms with Gasteiger partial charge >= 0.3 is 17.9 Å². The summed E-state index contributed by atoms with van der Waals surface area (Å²) in [7, 11) is 0. The van der Waals surface area contributed by atoms with Gasteiger partial charge in [-0.1, -0.05) is 32.0 Å². The molecule has 2 saturated carbocycles. The van der Waals surface area contributed by atoms with Crippen LogP contribution in [0.3, 0.4) is 0 Å². The highest BCUT2D eigenvalue weighted by Gasteiger charge is 2.78. The van der Waals surface area contributed by atoms with Crippen LogP contribution in [0.25, 0.3) is 0 Å². The lowest BCUT2D eigenvalue weighted by Crippen LogP contribution is -2.81. The highest BCUT2D eigenvalue weighted by atomic mass is 16.6. The first kappa shape index (κ1) is 30.3. The lowest BCUT2D eigenvalue weighted by Gasteiger charge is -2.67. The van der Waals surface area contributed by atoms with Crippen LogP contribution in [-0.2, 0) is 33.3 Å². The number of hydrogen-bond acceptors (Lipinski definition) is 11. The van der Waals surface area contributed by atoms with Crippen molar-refractivity contribution in [1.82, 2.24) is 0 Å². The van der Waals surface area contributed by atoms with Crippen LogP contribution >= 0.6 is 0 Å². The minimum Gasteiger partial charge on any atom is -0.455 e. The molecule has 0 spiro atoms. The Morgan fingerprint density at radius 1 is 1.00 bits per heavy atom. The van der Waals surface area contributed by atoms with Crippen LogP contribution in [0.15, 0.2) is 41.5 Å². The fourth-order valence-corrected chi connectivity index (χ4v) is 7.91. The molecule has 0 amide bonds. The van der Waals surface area contributed by atoms with Crippen molar-refractivity contribution >= 4 is 23.7 Å². The van der Waals surface area contributed by atoms with Crippen molar-refractivity contribution in [2.45, 2.75) is 96.1 Å². The molecular weight excluding hydrogens is 548 g/mol. The smallest absolute Gasteiger partial charge is 0.338 e. The second kappa shape index (κ2) is 9.97. The average Bonchev–Trinajstić information content (AvgIpc) is 2.90. The maximum absolute atomic E-state index is 14.8. The highest BCUT2D eigenvalue weighted by molar-refractivity contribution is 5.95. The normalized spacial score (nSPS) is 40.4. The Morgan fingerprint density at radius 3 is 2.19 bits per heavy atom. The maximum Gasteiger partial charge on any atom is 0.338 e. The molecule has 3 N–H and O–H groups in total. The molecule has 228 valence electrons. The number of Topliss-reactive ketones (excluding diaryl/α,β-unsaturated/α-hetero) is 1. The summed E-state index contributed by atoms with van der Waals surface area (Å²) < 4.78 is 23.5. The predicted molar refractivity (Wildman–Crippen MR) is 145 cm³/mol. The number of aliphatic hydroxyl groups is 3. The number of carbonyl (C=O) groups is 4. The summed E-state index contributed by atoms with van der Waals surface area (Å²) in [6.45, 7) is 8.42. The molecule has 4 aliphatic rings. The molecule has 11 nitrogen and oxygen atoms in total. The zero-order valence-electron chi connectivity index (χ0n) is 24.6. The van der Waals surface area contributed by atoms with E-state index in [2.05, 4.69) is 0 Å². The van der Waals surface area contributed by atoms with E-state index < -0.39 is 82.2 Å². The Kier molecular flexibility index (Phi) is 7.20. The van der Waals surface area contributed by atoms with Crippen molar-refractivity contribution in [3.8, 4) is 0 Å². The molecule has 0 aromatic heterocycles. The molecule has 1 saturated heterocycles. The molecular formula is C31H38O11. The number of rotatable bonds is 4. The van der Waals surface area contributed by atoms with Crippen LogP contribution in [0.2, 0.25) is 0 Å². The lowest BCUT2D eigenvalue weighted by molar-refractivity contribution is -0.345. The number of ketones is 1. The maximum atomic E-state index is 14.8. The molecule has 3 fully saturated rings. The third-order valence-corrected chi connectivity index (χ3v) is 10.2. The second-order valence-electron chi connectivity index (χ2n) is 12.8. The van der Waals surface area contributed by atoms with E-state index in [0.717, 1.165) is 6.92 Å². The summed E-state index contributed by atoms with van der Waals surface area (Å²) in [6, 6.07) is 8.05. The fourth-order valence-electron chi connectivity index (χ4n) is 7.91. The summed E-state index contributed by atoms with van der Waals surface area (Å²) in [5.41, 5.74) is -6.38. The molecule has 1 heterocycles. The number of ether oxygens (including phenoxy) is 4. The molecule has 3 aliphatic carbocycles. The van der Waals surface area contributed by atoms with Crippen LogP contribution in [0.4, 0.5) is 0 Å². The zero-order chi connectivity index (χ0) is 31.0. The molecule has 1 aromatic rings. The van der Waals surface area contributed by atoms with Crippen molar-refractivity contribution in [3.63, 3.8) is 0 Å². The summed E-state index contributed by atoms with van der Waals surface area (Å²) >= 11 is 0. The van der Waals surface area contributed by atoms with Crippen molar-refractivity contribution in [2.75, 3.05) is 6.61 Å². The summed E-state index contributed by atoms with van der Waals surface area (Å²) in [5.74, 6) is -4.41. The van der Waals surface area contributed by atoms with Crippen molar-refractivity contribution in [2.24, 2.45) is 16.7 Å². The van der Waals surface area contributed by atoms with E-state index in [0.29, 0.717) is 5.57 Å². The Bertz CT molecular complexity index is 1350. The minimum absolute atomic E-state index is 0.110. The molecule has 9 atom stereocenters. The quantitative estimate of drug-likeness (QED) is 0.267. The third kappa shape index (κ3) is 4.08. The van der Waals surface area contributed by atoms with Gasteiger partial charge in [-0.15, -0.1) is 0 Å². The molecule has 11 heteroatoms. The molecule has 42 heavy (non-hydrogen) atoms. The van der Waals surface area contributed by atoms with Gasteiger partial charge in [0.15, 0.2) is 17.5 Å². The first-order valence-electron chi connectivity index (χ1n) is 14.1. The van der Waals surface area contributed by atoms with Crippen molar-refractivity contribution < 1.29 is 53.4 Å². The van der Waals surface area contributed by atoms with E-state index in [4.69, 9.17) is 18.9 Å². The van der Waals surface area contributed by atoms with Crippen LogP contribution in [-0.4, -0.2) is 87.3 Å². The summed E-state index contributed by atoms with van der Waals surface area (Å²) in [6.07, 6.45) is -7.27. The Labute approximate surface area is 243 Å². The SMILES string of the molecule is CC(=O)OC1C(=O)[C@@]2(C)[C@H]([C@H](OC(=O)c3ccccc3)[C@]3(O)C[C@@H](O)C(C)=C1C3(C)C)[C@]1(OC(C)=O)CO[C@@H]1C[C@@H]2O. The van der Waals surface area contributed by atoms with Gasteiger partial charge in [0.2, 0.25) is 0 Å². The van der Waals surface area contributed by atoms with E-state index in [9.17, 15) is 34.5 Å². The molecule has 1 aliphatic heterocycles. The van der Waals surface area contributed by atoms with Gasteiger partial charge in [-0.25, -0.2) is 4.79 Å². The van der Waals surface area contributed by atoms with Crippen LogP contribution < -0.4 is 0 Å². The van der Waals surface area contributed by atoms with Gasteiger partial charge in [-0.05, 0) is 37.1 Å². The summed E-state index contributed by atoms with van der Waals surface area (Å²) in [5, 5.41) is 35.8. The van der Waals surface area contributed by atoms with Crippen LogP contribution in [0.5, 0.6) is 0 Å². The van der Waals surface area contributed by atoms with E-state index in [-0.39, 0.29) is 30.6 Å². The molecule has 2 bridgehead atoms. The molecule has 1 unspecified atom stereocenters. The minimum atomic E-state index is -2.11. The number of fused-ring (bicyclic) bond motifs is 5. The largest absolute Gasteiger partial charge is 0.455 e. The van der Waals surface area contributed by atoms with Crippen LogP contribution in [0.1, 0.15) is 64.7 Å². The van der Waals surface area contributed by atoms with Gasteiger partial charge in [-0.2, -0.15) is 0 Å². The van der Waals surface area contributed by atoms with Gasteiger partial charge in [0.25, 0.3) is 0 Å². The van der Waals surface area contributed by atoms with E-state index >= 15 is 0 Å². The predicted octanol–water partition coefficient (Wildman–Crippen LogP) is 1.65. The number of carbonyl (C=O) groups excluding carboxylic acids is 4. The van der Waals surface area contributed by atoms with Gasteiger partial charge in [0.05, 0.1) is 35.7 Å². The van der Waals surface area contributed by atoms with E-state index in [1.54, 1.807) is 39.0 Å². The lowest BCUT2D eigenvalue weighted by atomic mass is 9.44. The molecule has 1 aromatic carbocycles. The summed E-state index contributed by atoms with van der Waals surface area (Å²) in [4.78, 5) is 53.4. The Hall–Kier alpha value is -3.12. The van der Waals surface area contributed by atoms with Gasteiger partial charge in [0, 0.05) is 32.1 Å². The third-order valence-electron chi connectivity index (χ3n) is 10.2. The van der Waals surface area contributed by atoms with Crippen molar-refractivity contribution in [3.05, 3.63) is 47.0 Å². The monoisotopic (exact) mass is 586 g/mol. The molecule has 0 radical (unpaired) electrons. The van der Waals surface area contributed by atoms with Gasteiger partial charge < -0.3 is 34.3 Å². The number of aliphatic hydroxyl groups excluding tert-OH is 2. The first-order chi connectivity index (χ1) is 19.5. The van der Waals surface area contributed by atoms with Gasteiger partial charge in [-0.3, -0.25) is 14.4 Å².